The Kier molecular flexibility index (Phi) is 9.06. The fourth-order valence-corrected chi connectivity index (χ4v) is 6.28. The highest BCUT2D eigenvalue weighted by molar-refractivity contribution is 6.74. The maximum absolute atomic E-state index is 9.43. The first kappa shape index (κ1) is 26.3. The van der Waals surface area contributed by atoms with E-state index < -0.39 is 16.6 Å². The number of aliphatic hydroxyl groups is 1. The van der Waals surface area contributed by atoms with Crippen molar-refractivity contribution in [3.63, 3.8) is 0 Å². The maximum atomic E-state index is 9.43. The number of hydrogen-bond donors (Lipinski definition) is 1. The van der Waals surface area contributed by atoms with E-state index in [1.807, 2.05) is 0 Å². The summed E-state index contributed by atoms with van der Waals surface area (Å²) in [7, 11) is -3.11. The van der Waals surface area contributed by atoms with Crippen molar-refractivity contribution in [2.75, 3.05) is 0 Å². The zero-order valence-electron chi connectivity index (χ0n) is 20.8. The minimum absolute atomic E-state index is 0.121. The van der Waals surface area contributed by atoms with E-state index in [-0.39, 0.29) is 11.1 Å². The Labute approximate surface area is 178 Å². The molecule has 168 valence electrons. The van der Waals surface area contributed by atoms with Crippen LogP contribution in [0.5, 0.6) is 0 Å². The fraction of sp³-hybridized carbons (Fsp3) is 1.00. The molecule has 0 bridgehead atoms. The molecule has 2 fully saturated rings. The maximum Gasteiger partial charge on any atom is 0.192 e. The molecule has 4 atom stereocenters. The molecule has 0 amide bonds. The Bertz CT molecular complexity index is 433. The highest BCUT2D eigenvalue weighted by Crippen LogP contribution is 2.40. The van der Waals surface area contributed by atoms with Gasteiger partial charge in [-0.05, 0) is 80.7 Å². The van der Waals surface area contributed by atoms with Gasteiger partial charge < -0.3 is 14.0 Å². The summed E-state index contributed by atoms with van der Waals surface area (Å²) < 4.78 is 12.6. The predicted molar refractivity (Wildman–Crippen MR) is 127 cm³/mol. The normalized spacial score (nSPS) is 29.6. The van der Waals surface area contributed by atoms with Crippen molar-refractivity contribution >= 4 is 16.6 Å². The molecule has 0 heterocycles. The zero-order chi connectivity index (χ0) is 22.0. The molecule has 2 saturated carbocycles. The van der Waals surface area contributed by atoms with Gasteiger partial charge in [-0.3, -0.25) is 0 Å². The predicted octanol–water partition coefficient (Wildman–Crippen LogP) is 7.12. The lowest BCUT2D eigenvalue weighted by molar-refractivity contribution is 0.141. The molecule has 0 aromatic rings. The molecule has 0 aliphatic heterocycles. The van der Waals surface area contributed by atoms with E-state index >= 15 is 0 Å². The average Bonchev–Trinajstić information content (AvgIpc) is 3.05. The second-order valence-electron chi connectivity index (χ2n) is 12.4. The molecule has 5 heteroatoms. The fourth-order valence-electron chi connectivity index (χ4n) is 3.47. The highest BCUT2D eigenvalue weighted by Gasteiger charge is 2.41. The number of aliphatic hydroxyl groups excluding tert-OH is 1. The van der Waals surface area contributed by atoms with E-state index in [0.717, 1.165) is 25.2 Å². The van der Waals surface area contributed by atoms with Gasteiger partial charge in [-0.1, -0.05) is 48.5 Å². The van der Waals surface area contributed by atoms with Crippen LogP contribution in [-0.2, 0) is 8.85 Å². The molecule has 1 N–H and O–H groups in total. The molecule has 0 spiro atoms. The minimum Gasteiger partial charge on any atom is -0.414 e. The van der Waals surface area contributed by atoms with Gasteiger partial charge in [0.1, 0.15) is 0 Å². The SMILES string of the molecule is CC(C)(C)[Si](C)(C)OC1CCC(O)C1.CC1CCC(O[Si](C)(C)C(C)(C)C)C1. The van der Waals surface area contributed by atoms with Crippen molar-refractivity contribution < 1.29 is 14.0 Å². The van der Waals surface area contributed by atoms with Gasteiger partial charge in [-0.25, -0.2) is 0 Å². The molecule has 0 aromatic carbocycles. The molecule has 3 nitrogen and oxygen atoms in total. The summed E-state index contributed by atoms with van der Waals surface area (Å²) in [5.74, 6) is 0.879. The van der Waals surface area contributed by atoms with Crippen LogP contribution in [0.3, 0.4) is 0 Å². The van der Waals surface area contributed by atoms with E-state index in [4.69, 9.17) is 8.85 Å². The van der Waals surface area contributed by atoms with Crippen molar-refractivity contribution in [3.05, 3.63) is 0 Å². The van der Waals surface area contributed by atoms with Crippen molar-refractivity contribution in [2.45, 2.75) is 142 Å². The van der Waals surface area contributed by atoms with Gasteiger partial charge in [0, 0.05) is 12.2 Å². The summed E-state index contributed by atoms with van der Waals surface area (Å²) in [4.78, 5) is 0. The number of hydrogen-bond acceptors (Lipinski definition) is 3. The minimum atomic E-state index is -1.61. The summed E-state index contributed by atoms with van der Waals surface area (Å²) in [6.45, 7) is 25.3. The average molecular weight is 431 g/mol. The molecule has 0 saturated heterocycles. The molecule has 2 aliphatic rings. The largest absolute Gasteiger partial charge is 0.414 e. The second-order valence-corrected chi connectivity index (χ2v) is 21.9. The molecular formula is C23H50O3Si2. The zero-order valence-corrected chi connectivity index (χ0v) is 22.8. The van der Waals surface area contributed by atoms with Crippen LogP contribution < -0.4 is 0 Å². The highest BCUT2D eigenvalue weighted by atomic mass is 28.4. The van der Waals surface area contributed by atoms with Crippen molar-refractivity contribution in [3.8, 4) is 0 Å². The summed E-state index contributed by atoms with van der Waals surface area (Å²) in [6, 6.07) is 0. The summed E-state index contributed by atoms with van der Waals surface area (Å²) in [5.41, 5.74) is 0. The third-order valence-corrected chi connectivity index (χ3v) is 16.6. The van der Waals surface area contributed by atoms with Crippen molar-refractivity contribution in [1.82, 2.24) is 0 Å². The van der Waals surface area contributed by atoms with Gasteiger partial charge in [0.15, 0.2) is 16.6 Å². The number of rotatable bonds is 4. The molecule has 0 radical (unpaired) electrons. The first-order chi connectivity index (χ1) is 12.4. The summed E-state index contributed by atoms with van der Waals surface area (Å²) in [5, 5.41) is 10.1. The van der Waals surface area contributed by atoms with Crippen molar-refractivity contribution in [2.24, 2.45) is 5.92 Å². The van der Waals surface area contributed by atoms with Gasteiger partial charge in [0.05, 0.1) is 6.10 Å². The second kappa shape index (κ2) is 9.63. The van der Waals surface area contributed by atoms with Gasteiger partial charge in [0.25, 0.3) is 0 Å². The summed E-state index contributed by atoms with van der Waals surface area (Å²) in [6.07, 6.45) is 7.47. The third-order valence-electron chi connectivity index (χ3n) is 7.54. The van der Waals surface area contributed by atoms with Crippen LogP contribution in [0.2, 0.25) is 36.3 Å². The van der Waals surface area contributed by atoms with E-state index in [1.165, 1.54) is 19.3 Å². The van der Waals surface area contributed by atoms with Crippen LogP contribution in [0.1, 0.15) is 87.0 Å². The van der Waals surface area contributed by atoms with E-state index in [1.54, 1.807) is 0 Å². The molecule has 2 rings (SSSR count). The third kappa shape index (κ3) is 7.86. The first-order valence-electron chi connectivity index (χ1n) is 11.5. The Balaban J connectivity index is 0.000000280. The van der Waals surface area contributed by atoms with Crippen molar-refractivity contribution in [1.29, 1.82) is 0 Å². The lowest BCUT2D eigenvalue weighted by Gasteiger charge is -2.38. The van der Waals surface area contributed by atoms with Gasteiger partial charge in [-0.2, -0.15) is 0 Å². The quantitative estimate of drug-likeness (QED) is 0.482. The van der Waals surface area contributed by atoms with Crippen LogP contribution in [0, 0.1) is 5.92 Å². The molecule has 2 aliphatic carbocycles. The Morgan fingerprint density at radius 2 is 1.07 bits per heavy atom. The van der Waals surface area contributed by atoms with Crippen LogP contribution in [0.15, 0.2) is 0 Å². The van der Waals surface area contributed by atoms with Crippen LogP contribution >= 0.6 is 0 Å². The standard InChI is InChI=1S/C12H26OSi.C11H24O2Si/c1-10-7-8-11(9-10)13-14(5,6)12(2,3)4;1-11(2,3)14(4,5)13-10-7-6-9(12)8-10/h10-11H,7-9H2,1-6H3;9-10,12H,6-8H2,1-5H3. The molecule has 28 heavy (non-hydrogen) atoms. The molecular weight excluding hydrogens is 380 g/mol. The van der Waals surface area contributed by atoms with Gasteiger partial charge in [0.2, 0.25) is 0 Å². The molecule has 0 aromatic heterocycles. The lowest BCUT2D eigenvalue weighted by Crippen LogP contribution is -2.43. The Hall–Kier alpha value is 0.314. The van der Waals surface area contributed by atoms with Crippen LogP contribution in [0.25, 0.3) is 0 Å². The topological polar surface area (TPSA) is 38.7 Å². The molecule has 4 unspecified atom stereocenters. The van der Waals surface area contributed by atoms with Crippen LogP contribution in [-0.4, -0.2) is 40.1 Å². The Morgan fingerprint density at radius 1 is 0.679 bits per heavy atom. The van der Waals surface area contributed by atoms with Gasteiger partial charge in [-0.15, -0.1) is 0 Å². The Morgan fingerprint density at radius 3 is 1.36 bits per heavy atom. The lowest BCUT2D eigenvalue weighted by atomic mass is 10.1. The van der Waals surface area contributed by atoms with E-state index in [2.05, 4.69) is 74.7 Å². The van der Waals surface area contributed by atoms with E-state index in [9.17, 15) is 5.11 Å². The smallest absolute Gasteiger partial charge is 0.192 e. The summed E-state index contributed by atoms with van der Waals surface area (Å²) >= 11 is 0. The van der Waals surface area contributed by atoms with E-state index in [0.29, 0.717) is 17.2 Å². The first-order valence-corrected chi connectivity index (χ1v) is 17.3. The van der Waals surface area contributed by atoms with Gasteiger partial charge >= 0.3 is 0 Å². The van der Waals surface area contributed by atoms with Crippen LogP contribution in [0.4, 0.5) is 0 Å². The monoisotopic (exact) mass is 430 g/mol.